The third-order valence-electron chi connectivity index (χ3n) is 4.79. The number of hydrogen-bond acceptors (Lipinski definition) is 3. The standard InChI is InChI=1S/C18H30N2O/c1-12-7-8-13(2)14(9-12)10-16(20-19)15-11-17(3,4)21-18(15,5)6/h7-9,15-16,20H,10-11,19H2,1-6H3. The fourth-order valence-electron chi connectivity index (χ4n) is 3.81. The molecule has 3 heteroatoms. The lowest BCUT2D eigenvalue weighted by molar-refractivity contribution is -0.0776. The number of nitrogens with two attached hydrogens (primary N) is 1. The van der Waals surface area contributed by atoms with Gasteiger partial charge in [-0.1, -0.05) is 23.8 Å². The summed E-state index contributed by atoms with van der Waals surface area (Å²) in [6.07, 6.45) is 1.97. The van der Waals surface area contributed by atoms with Gasteiger partial charge in [-0.2, -0.15) is 0 Å². The molecule has 2 atom stereocenters. The van der Waals surface area contributed by atoms with Crippen LogP contribution in [0.3, 0.4) is 0 Å². The highest BCUT2D eigenvalue weighted by Gasteiger charge is 2.48. The van der Waals surface area contributed by atoms with Crippen LogP contribution in [0.15, 0.2) is 18.2 Å². The maximum Gasteiger partial charge on any atom is 0.0678 e. The Labute approximate surface area is 129 Å². The highest BCUT2D eigenvalue weighted by Crippen LogP contribution is 2.44. The quantitative estimate of drug-likeness (QED) is 0.661. The molecule has 2 rings (SSSR count). The zero-order chi connectivity index (χ0) is 15.8. The van der Waals surface area contributed by atoms with Gasteiger partial charge < -0.3 is 4.74 Å². The summed E-state index contributed by atoms with van der Waals surface area (Å²) in [7, 11) is 0. The van der Waals surface area contributed by atoms with E-state index in [1.165, 1.54) is 16.7 Å². The lowest BCUT2D eigenvalue weighted by Gasteiger charge is -2.33. The van der Waals surface area contributed by atoms with Crippen LogP contribution >= 0.6 is 0 Å². The molecule has 0 bridgehead atoms. The molecule has 3 nitrogen and oxygen atoms in total. The Morgan fingerprint density at radius 2 is 1.95 bits per heavy atom. The van der Waals surface area contributed by atoms with Crippen LogP contribution in [-0.4, -0.2) is 17.2 Å². The average Bonchev–Trinajstić information content (AvgIpc) is 2.58. The molecule has 0 spiro atoms. The second-order valence-corrected chi connectivity index (χ2v) is 7.68. The molecule has 0 aliphatic carbocycles. The van der Waals surface area contributed by atoms with Gasteiger partial charge in [-0.25, -0.2) is 0 Å². The fraction of sp³-hybridized carbons (Fsp3) is 0.667. The summed E-state index contributed by atoms with van der Waals surface area (Å²) >= 11 is 0. The third-order valence-corrected chi connectivity index (χ3v) is 4.79. The average molecular weight is 290 g/mol. The molecule has 1 aromatic carbocycles. The van der Waals surface area contributed by atoms with E-state index in [4.69, 9.17) is 10.6 Å². The number of aryl methyl sites for hydroxylation is 2. The predicted molar refractivity (Wildman–Crippen MR) is 88.1 cm³/mol. The van der Waals surface area contributed by atoms with Crippen LogP contribution in [0.25, 0.3) is 0 Å². The molecule has 118 valence electrons. The summed E-state index contributed by atoms with van der Waals surface area (Å²) in [5.74, 6) is 6.29. The predicted octanol–water partition coefficient (Wildman–Crippen LogP) is 3.27. The van der Waals surface area contributed by atoms with Crippen LogP contribution < -0.4 is 11.3 Å². The first-order chi connectivity index (χ1) is 9.64. The van der Waals surface area contributed by atoms with Gasteiger partial charge in [-0.05, 0) is 65.5 Å². The second-order valence-electron chi connectivity index (χ2n) is 7.68. The van der Waals surface area contributed by atoms with E-state index >= 15 is 0 Å². The number of hydrazine groups is 1. The summed E-state index contributed by atoms with van der Waals surface area (Å²) in [4.78, 5) is 0. The summed E-state index contributed by atoms with van der Waals surface area (Å²) in [6, 6.07) is 6.85. The molecule has 1 saturated heterocycles. The Hall–Kier alpha value is -0.900. The molecule has 0 saturated carbocycles. The van der Waals surface area contributed by atoms with Crippen LogP contribution in [0.5, 0.6) is 0 Å². The Balaban J connectivity index is 2.22. The van der Waals surface area contributed by atoms with E-state index in [0.29, 0.717) is 5.92 Å². The van der Waals surface area contributed by atoms with Crippen molar-refractivity contribution in [2.75, 3.05) is 0 Å². The van der Waals surface area contributed by atoms with Gasteiger partial charge in [0.25, 0.3) is 0 Å². The Morgan fingerprint density at radius 3 is 2.48 bits per heavy atom. The molecular formula is C18H30N2O. The highest BCUT2D eigenvalue weighted by atomic mass is 16.5. The maximum absolute atomic E-state index is 6.23. The monoisotopic (exact) mass is 290 g/mol. The Morgan fingerprint density at radius 1 is 1.29 bits per heavy atom. The van der Waals surface area contributed by atoms with Crippen molar-refractivity contribution in [3.63, 3.8) is 0 Å². The normalized spacial score (nSPS) is 25.0. The van der Waals surface area contributed by atoms with Crippen molar-refractivity contribution < 1.29 is 4.74 Å². The molecule has 0 radical (unpaired) electrons. The second kappa shape index (κ2) is 5.71. The van der Waals surface area contributed by atoms with Crippen molar-refractivity contribution in [2.45, 2.75) is 71.6 Å². The maximum atomic E-state index is 6.23. The molecule has 21 heavy (non-hydrogen) atoms. The summed E-state index contributed by atoms with van der Waals surface area (Å²) in [6.45, 7) is 13.0. The fourth-order valence-corrected chi connectivity index (χ4v) is 3.81. The van der Waals surface area contributed by atoms with E-state index in [1.54, 1.807) is 0 Å². The molecule has 1 heterocycles. The van der Waals surface area contributed by atoms with E-state index < -0.39 is 0 Å². The lowest BCUT2D eigenvalue weighted by atomic mass is 9.79. The van der Waals surface area contributed by atoms with Gasteiger partial charge in [-0.15, -0.1) is 0 Å². The number of ether oxygens (including phenoxy) is 1. The number of benzene rings is 1. The third kappa shape index (κ3) is 3.65. The molecule has 1 aromatic rings. The van der Waals surface area contributed by atoms with Gasteiger partial charge in [0, 0.05) is 12.0 Å². The van der Waals surface area contributed by atoms with Gasteiger partial charge >= 0.3 is 0 Å². The first kappa shape index (κ1) is 16.5. The smallest absolute Gasteiger partial charge is 0.0678 e. The van der Waals surface area contributed by atoms with Gasteiger partial charge in [0.05, 0.1) is 11.2 Å². The molecule has 1 aliphatic rings. The van der Waals surface area contributed by atoms with E-state index in [9.17, 15) is 0 Å². The minimum atomic E-state index is -0.154. The molecule has 0 aromatic heterocycles. The topological polar surface area (TPSA) is 47.3 Å². The van der Waals surface area contributed by atoms with Gasteiger partial charge in [-0.3, -0.25) is 11.3 Å². The van der Waals surface area contributed by atoms with Crippen molar-refractivity contribution in [3.05, 3.63) is 34.9 Å². The van der Waals surface area contributed by atoms with Crippen molar-refractivity contribution >= 4 is 0 Å². The number of nitrogens with one attached hydrogen (secondary N) is 1. The molecule has 2 unspecified atom stereocenters. The van der Waals surface area contributed by atoms with E-state index in [0.717, 1.165) is 12.8 Å². The zero-order valence-electron chi connectivity index (χ0n) is 14.3. The Kier molecular flexibility index (Phi) is 4.48. The van der Waals surface area contributed by atoms with E-state index in [-0.39, 0.29) is 17.2 Å². The van der Waals surface area contributed by atoms with E-state index in [2.05, 4.69) is 65.2 Å². The zero-order valence-corrected chi connectivity index (χ0v) is 14.3. The Bertz CT molecular complexity index is 508. The van der Waals surface area contributed by atoms with Crippen LogP contribution in [0, 0.1) is 19.8 Å². The largest absolute Gasteiger partial charge is 0.369 e. The lowest BCUT2D eigenvalue weighted by Crippen LogP contribution is -2.48. The number of rotatable bonds is 4. The van der Waals surface area contributed by atoms with Crippen molar-refractivity contribution in [1.82, 2.24) is 5.43 Å². The van der Waals surface area contributed by atoms with Crippen LogP contribution in [0.1, 0.15) is 50.8 Å². The summed E-state index contributed by atoms with van der Waals surface area (Å²) in [5.41, 5.74) is 6.82. The first-order valence-corrected chi connectivity index (χ1v) is 7.87. The summed E-state index contributed by atoms with van der Waals surface area (Å²) in [5, 5.41) is 0. The molecule has 1 aliphatic heterocycles. The minimum Gasteiger partial charge on any atom is -0.369 e. The van der Waals surface area contributed by atoms with E-state index in [1.807, 2.05) is 0 Å². The molecular weight excluding hydrogens is 260 g/mol. The highest BCUT2D eigenvalue weighted by molar-refractivity contribution is 5.31. The first-order valence-electron chi connectivity index (χ1n) is 7.87. The molecule has 0 amide bonds. The minimum absolute atomic E-state index is 0.0785. The SMILES string of the molecule is Cc1ccc(C)c(CC(NN)C2CC(C)(C)OC2(C)C)c1. The van der Waals surface area contributed by atoms with Gasteiger partial charge in [0.15, 0.2) is 0 Å². The van der Waals surface area contributed by atoms with Crippen molar-refractivity contribution in [1.29, 1.82) is 0 Å². The van der Waals surface area contributed by atoms with Gasteiger partial charge in [0.2, 0.25) is 0 Å². The molecule has 1 fully saturated rings. The van der Waals surface area contributed by atoms with Crippen LogP contribution in [0.4, 0.5) is 0 Å². The van der Waals surface area contributed by atoms with Crippen molar-refractivity contribution in [3.8, 4) is 0 Å². The summed E-state index contributed by atoms with van der Waals surface area (Å²) < 4.78 is 6.23. The molecule has 3 N–H and O–H groups in total. The van der Waals surface area contributed by atoms with Gasteiger partial charge in [0.1, 0.15) is 0 Å². The van der Waals surface area contributed by atoms with Crippen LogP contribution in [-0.2, 0) is 11.2 Å². The van der Waals surface area contributed by atoms with Crippen LogP contribution in [0.2, 0.25) is 0 Å². The van der Waals surface area contributed by atoms with Crippen molar-refractivity contribution in [2.24, 2.45) is 11.8 Å². The number of hydrogen-bond donors (Lipinski definition) is 2.